The molecule has 0 spiro atoms. The Morgan fingerprint density at radius 1 is 1.20 bits per heavy atom. The van der Waals surface area contributed by atoms with Crippen molar-refractivity contribution in [3.63, 3.8) is 0 Å². The molecule has 1 aliphatic carbocycles. The normalized spacial score (nSPS) is 16.6. The molecule has 1 saturated carbocycles. The number of carbonyl (C=O) groups excluding carboxylic acids is 1. The number of carbonyl (C=O) groups is 1. The first-order valence-corrected chi connectivity index (χ1v) is 8.01. The first-order chi connectivity index (χ1) is 9.83. The molecule has 1 fully saturated rings. The van der Waals surface area contributed by atoms with Gasteiger partial charge in [-0.15, -0.1) is 6.58 Å². The molecule has 0 atom stereocenters. The molecule has 4 heteroatoms. The summed E-state index contributed by atoms with van der Waals surface area (Å²) in [6.45, 7) is 6.37. The van der Waals surface area contributed by atoms with Crippen LogP contribution in [0.5, 0.6) is 0 Å². The number of hydrogen-bond acceptors (Lipinski definition) is 3. The van der Waals surface area contributed by atoms with Crippen LogP contribution in [0.1, 0.15) is 51.4 Å². The standard InChI is InChI=1S/C16H30N2O2/c1-2-13-20-14-7-10-16(19)18-12-11-17-15-8-5-3-4-6-9-15/h2,15,17H,1,3-14H2,(H,18,19). The largest absolute Gasteiger partial charge is 0.377 e. The third-order valence-corrected chi connectivity index (χ3v) is 3.66. The van der Waals surface area contributed by atoms with Crippen LogP contribution in [0.2, 0.25) is 0 Å². The summed E-state index contributed by atoms with van der Waals surface area (Å²) < 4.78 is 5.24. The fraction of sp³-hybridized carbons (Fsp3) is 0.812. The van der Waals surface area contributed by atoms with E-state index in [0.29, 0.717) is 25.7 Å². The minimum atomic E-state index is 0.120. The summed E-state index contributed by atoms with van der Waals surface area (Å²) in [6, 6.07) is 0.654. The molecule has 1 aliphatic rings. The molecular weight excluding hydrogens is 252 g/mol. The van der Waals surface area contributed by atoms with Crippen molar-refractivity contribution < 1.29 is 9.53 Å². The molecule has 0 radical (unpaired) electrons. The predicted octanol–water partition coefficient (Wildman–Crippen LogP) is 2.40. The van der Waals surface area contributed by atoms with E-state index in [2.05, 4.69) is 17.2 Å². The van der Waals surface area contributed by atoms with Gasteiger partial charge < -0.3 is 15.4 Å². The molecule has 0 aliphatic heterocycles. The van der Waals surface area contributed by atoms with Gasteiger partial charge in [0, 0.05) is 32.2 Å². The highest BCUT2D eigenvalue weighted by atomic mass is 16.5. The Labute approximate surface area is 123 Å². The van der Waals surface area contributed by atoms with Crippen molar-refractivity contribution >= 4 is 5.91 Å². The first kappa shape index (κ1) is 17.2. The van der Waals surface area contributed by atoms with Crippen molar-refractivity contribution in [2.45, 2.75) is 57.4 Å². The monoisotopic (exact) mass is 282 g/mol. The second-order valence-electron chi connectivity index (χ2n) is 5.46. The topological polar surface area (TPSA) is 50.4 Å². The zero-order valence-corrected chi connectivity index (χ0v) is 12.7. The van der Waals surface area contributed by atoms with E-state index in [1.165, 1.54) is 38.5 Å². The molecule has 0 aromatic heterocycles. The van der Waals surface area contributed by atoms with Crippen molar-refractivity contribution in [3.8, 4) is 0 Å². The second-order valence-corrected chi connectivity index (χ2v) is 5.46. The molecule has 0 aromatic carbocycles. The van der Waals surface area contributed by atoms with Gasteiger partial charge in [-0.1, -0.05) is 31.8 Å². The minimum absolute atomic E-state index is 0.120. The summed E-state index contributed by atoms with van der Waals surface area (Å²) in [4.78, 5) is 11.6. The average molecular weight is 282 g/mol. The molecule has 0 unspecified atom stereocenters. The van der Waals surface area contributed by atoms with Crippen molar-refractivity contribution in [2.75, 3.05) is 26.3 Å². The van der Waals surface area contributed by atoms with Gasteiger partial charge in [0.05, 0.1) is 6.61 Å². The molecule has 116 valence electrons. The summed E-state index contributed by atoms with van der Waals surface area (Å²) >= 11 is 0. The highest BCUT2D eigenvalue weighted by Crippen LogP contribution is 2.16. The van der Waals surface area contributed by atoms with Gasteiger partial charge in [-0.25, -0.2) is 0 Å². The van der Waals surface area contributed by atoms with E-state index in [1.54, 1.807) is 6.08 Å². The van der Waals surface area contributed by atoms with Crippen LogP contribution < -0.4 is 10.6 Å². The van der Waals surface area contributed by atoms with E-state index < -0.39 is 0 Å². The van der Waals surface area contributed by atoms with Gasteiger partial charge in [0.2, 0.25) is 5.91 Å². The number of amides is 1. The highest BCUT2D eigenvalue weighted by Gasteiger charge is 2.10. The molecule has 0 heterocycles. The first-order valence-electron chi connectivity index (χ1n) is 8.01. The minimum Gasteiger partial charge on any atom is -0.377 e. The Morgan fingerprint density at radius 2 is 1.95 bits per heavy atom. The maximum atomic E-state index is 11.6. The molecule has 4 nitrogen and oxygen atoms in total. The maximum Gasteiger partial charge on any atom is 0.220 e. The lowest BCUT2D eigenvalue weighted by atomic mass is 10.1. The van der Waals surface area contributed by atoms with E-state index in [1.807, 2.05) is 0 Å². The Balaban J connectivity index is 1.91. The molecular formula is C16H30N2O2. The van der Waals surface area contributed by atoms with Gasteiger partial charge in [0.25, 0.3) is 0 Å². The molecule has 1 amide bonds. The van der Waals surface area contributed by atoms with Crippen molar-refractivity contribution in [1.82, 2.24) is 10.6 Å². The van der Waals surface area contributed by atoms with E-state index in [0.717, 1.165) is 19.5 Å². The Kier molecular flexibility index (Phi) is 10.2. The van der Waals surface area contributed by atoms with Crippen LogP contribution in [0, 0.1) is 0 Å². The molecule has 20 heavy (non-hydrogen) atoms. The van der Waals surface area contributed by atoms with Crippen LogP contribution in [-0.4, -0.2) is 38.3 Å². The third kappa shape index (κ3) is 9.10. The number of ether oxygens (including phenoxy) is 1. The molecule has 2 N–H and O–H groups in total. The van der Waals surface area contributed by atoms with Crippen molar-refractivity contribution in [3.05, 3.63) is 12.7 Å². The van der Waals surface area contributed by atoms with Crippen LogP contribution in [-0.2, 0) is 9.53 Å². The van der Waals surface area contributed by atoms with Crippen molar-refractivity contribution in [2.24, 2.45) is 0 Å². The second kappa shape index (κ2) is 11.9. The van der Waals surface area contributed by atoms with Crippen LogP contribution >= 0.6 is 0 Å². The van der Waals surface area contributed by atoms with Gasteiger partial charge in [0.15, 0.2) is 0 Å². The number of rotatable bonds is 10. The lowest BCUT2D eigenvalue weighted by molar-refractivity contribution is -0.121. The summed E-state index contributed by atoms with van der Waals surface area (Å²) in [5.41, 5.74) is 0. The van der Waals surface area contributed by atoms with E-state index >= 15 is 0 Å². The Bertz CT molecular complexity index is 261. The quantitative estimate of drug-likeness (QED) is 0.367. The molecule has 0 bridgehead atoms. The zero-order valence-electron chi connectivity index (χ0n) is 12.7. The van der Waals surface area contributed by atoms with Gasteiger partial charge in [-0.05, 0) is 19.3 Å². The maximum absolute atomic E-state index is 11.6. The van der Waals surface area contributed by atoms with E-state index in [4.69, 9.17) is 4.74 Å². The highest BCUT2D eigenvalue weighted by molar-refractivity contribution is 5.75. The van der Waals surface area contributed by atoms with Crippen LogP contribution in [0.3, 0.4) is 0 Å². The van der Waals surface area contributed by atoms with Crippen LogP contribution in [0.25, 0.3) is 0 Å². The predicted molar refractivity (Wildman–Crippen MR) is 82.8 cm³/mol. The van der Waals surface area contributed by atoms with Crippen LogP contribution in [0.4, 0.5) is 0 Å². The fourth-order valence-corrected chi connectivity index (χ4v) is 2.55. The average Bonchev–Trinajstić information content (AvgIpc) is 2.72. The van der Waals surface area contributed by atoms with E-state index in [9.17, 15) is 4.79 Å². The smallest absolute Gasteiger partial charge is 0.220 e. The SMILES string of the molecule is C=CCOCCCC(=O)NCCNC1CCCCCC1. The molecule has 0 saturated heterocycles. The summed E-state index contributed by atoms with van der Waals surface area (Å²) in [7, 11) is 0. The van der Waals surface area contributed by atoms with Crippen molar-refractivity contribution in [1.29, 1.82) is 0 Å². The third-order valence-electron chi connectivity index (χ3n) is 3.66. The van der Waals surface area contributed by atoms with Gasteiger partial charge >= 0.3 is 0 Å². The lowest BCUT2D eigenvalue weighted by Crippen LogP contribution is -2.36. The van der Waals surface area contributed by atoms with Gasteiger partial charge in [0.1, 0.15) is 0 Å². The molecule has 1 rings (SSSR count). The van der Waals surface area contributed by atoms with E-state index in [-0.39, 0.29) is 5.91 Å². The lowest BCUT2D eigenvalue weighted by Gasteiger charge is -2.16. The number of hydrogen-bond donors (Lipinski definition) is 2. The summed E-state index contributed by atoms with van der Waals surface area (Å²) in [5.74, 6) is 0.120. The number of nitrogens with one attached hydrogen (secondary N) is 2. The fourth-order valence-electron chi connectivity index (χ4n) is 2.55. The zero-order chi connectivity index (χ0) is 14.5. The summed E-state index contributed by atoms with van der Waals surface area (Å²) in [6.07, 6.45) is 11.0. The Morgan fingerprint density at radius 3 is 2.65 bits per heavy atom. The van der Waals surface area contributed by atoms with Crippen LogP contribution in [0.15, 0.2) is 12.7 Å². The summed E-state index contributed by atoms with van der Waals surface area (Å²) in [5, 5.41) is 6.50. The molecule has 0 aromatic rings. The Hall–Kier alpha value is -0.870. The van der Waals surface area contributed by atoms with Gasteiger partial charge in [-0.3, -0.25) is 4.79 Å². The van der Waals surface area contributed by atoms with Gasteiger partial charge in [-0.2, -0.15) is 0 Å².